The minimum atomic E-state index is -4.49. The molecule has 3 nitrogen and oxygen atoms in total. The second-order valence-corrected chi connectivity index (χ2v) is 3.37. The van der Waals surface area contributed by atoms with Gasteiger partial charge in [-0.3, -0.25) is 4.79 Å². The molecule has 0 unspecified atom stereocenters. The number of carbonyl (C=O) groups is 1. The van der Waals surface area contributed by atoms with Gasteiger partial charge in [-0.2, -0.15) is 18.4 Å². The largest absolute Gasteiger partial charge is 0.416 e. The zero-order valence-electron chi connectivity index (χ0n) is 8.93. The Kier molecular flexibility index (Phi) is 3.73. The van der Waals surface area contributed by atoms with Crippen molar-refractivity contribution in [2.45, 2.75) is 13.1 Å². The number of carbonyl (C=O) groups excluding carboxylic acids is 1. The standard InChI is InChI=1S/C11H9F3N2O/c1-7-2-3-8(10(17)16-5-4-15)6-9(7)11(12,13)14/h2-3,6H,5H2,1H3,(H,16,17). The van der Waals surface area contributed by atoms with E-state index in [2.05, 4.69) is 5.32 Å². The zero-order chi connectivity index (χ0) is 13.1. The number of alkyl halides is 3. The molecule has 0 saturated carbocycles. The lowest BCUT2D eigenvalue weighted by molar-refractivity contribution is -0.138. The van der Waals surface area contributed by atoms with E-state index in [1.807, 2.05) is 0 Å². The Bertz CT molecular complexity index is 475. The topological polar surface area (TPSA) is 52.9 Å². The summed E-state index contributed by atoms with van der Waals surface area (Å²) in [7, 11) is 0. The van der Waals surface area contributed by atoms with Gasteiger partial charge in [-0.25, -0.2) is 0 Å². The maximum absolute atomic E-state index is 12.6. The molecule has 0 aliphatic carbocycles. The molecule has 1 aromatic rings. The van der Waals surface area contributed by atoms with Crippen LogP contribution in [0, 0.1) is 18.3 Å². The van der Waals surface area contributed by atoms with E-state index in [4.69, 9.17) is 5.26 Å². The highest BCUT2D eigenvalue weighted by molar-refractivity contribution is 5.94. The summed E-state index contributed by atoms with van der Waals surface area (Å²) in [4.78, 5) is 11.4. The average molecular weight is 242 g/mol. The van der Waals surface area contributed by atoms with Gasteiger partial charge in [0.2, 0.25) is 0 Å². The van der Waals surface area contributed by atoms with Crippen molar-refractivity contribution in [3.05, 3.63) is 34.9 Å². The number of nitrogens with zero attached hydrogens (tertiary/aromatic N) is 1. The van der Waals surface area contributed by atoms with Crippen molar-refractivity contribution in [2.24, 2.45) is 0 Å². The third-order valence-electron chi connectivity index (χ3n) is 2.13. The lowest BCUT2D eigenvalue weighted by atomic mass is 10.0. The molecule has 1 rings (SSSR count). The normalized spacial score (nSPS) is 10.8. The predicted octanol–water partition coefficient (Wildman–Crippen LogP) is 2.27. The number of aryl methyl sites for hydroxylation is 1. The van der Waals surface area contributed by atoms with Gasteiger partial charge in [0.1, 0.15) is 6.54 Å². The van der Waals surface area contributed by atoms with E-state index in [9.17, 15) is 18.0 Å². The molecule has 0 aliphatic rings. The fourth-order valence-corrected chi connectivity index (χ4v) is 1.29. The van der Waals surface area contributed by atoms with Crippen LogP contribution in [0.15, 0.2) is 18.2 Å². The highest BCUT2D eigenvalue weighted by atomic mass is 19.4. The van der Waals surface area contributed by atoms with Crippen LogP contribution in [0.1, 0.15) is 21.5 Å². The number of amides is 1. The molecule has 17 heavy (non-hydrogen) atoms. The van der Waals surface area contributed by atoms with Gasteiger partial charge < -0.3 is 5.32 Å². The number of hydrogen-bond acceptors (Lipinski definition) is 2. The minimum absolute atomic E-state index is 0.0503. The first-order valence-corrected chi connectivity index (χ1v) is 4.69. The first kappa shape index (κ1) is 13.0. The summed E-state index contributed by atoms with van der Waals surface area (Å²) in [6, 6.07) is 4.97. The molecular formula is C11H9F3N2O. The van der Waals surface area contributed by atoms with Crippen LogP contribution >= 0.6 is 0 Å². The lowest BCUT2D eigenvalue weighted by Crippen LogP contribution is -2.24. The van der Waals surface area contributed by atoms with Gasteiger partial charge >= 0.3 is 6.18 Å². The predicted molar refractivity (Wildman–Crippen MR) is 54.1 cm³/mol. The number of hydrogen-bond donors (Lipinski definition) is 1. The molecule has 0 saturated heterocycles. The Morgan fingerprint density at radius 1 is 1.47 bits per heavy atom. The van der Waals surface area contributed by atoms with Gasteiger partial charge in [-0.05, 0) is 24.6 Å². The highest BCUT2D eigenvalue weighted by Crippen LogP contribution is 2.32. The van der Waals surface area contributed by atoms with Crippen LogP contribution in [-0.4, -0.2) is 12.5 Å². The molecule has 1 amide bonds. The minimum Gasteiger partial charge on any atom is -0.339 e. The number of benzene rings is 1. The second-order valence-electron chi connectivity index (χ2n) is 3.37. The third kappa shape index (κ3) is 3.21. The Morgan fingerprint density at radius 3 is 2.65 bits per heavy atom. The van der Waals surface area contributed by atoms with Gasteiger partial charge in [0, 0.05) is 5.56 Å². The van der Waals surface area contributed by atoms with Crippen LogP contribution in [0.4, 0.5) is 13.2 Å². The first-order valence-electron chi connectivity index (χ1n) is 4.69. The number of rotatable bonds is 2. The molecular weight excluding hydrogens is 233 g/mol. The monoisotopic (exact) mass is 242 g/mol. The Morgan fingerprint density at radius 2 is 2.12 bits per heavy atom. The molecule has 0 bridgehead atoms. The highest BCUT2D eigenvalue weighted by Gasteiger charge is 2.32. The van der Waals surface area contributed by atoms with Crippen molar-refractivity contribution in [3.8, 4) is 6.07 Å². The summed E-state index contributed by atoms with van der Waals surface area (Å²) in [5.74, 6) is -0.697. The van der Waals surface area contributed by atoms with E-state index in [1.54, 1.807) is 6.07 Å². The van der Waals surface area contributed by atoms with E-state index >= 15 is 0 Å². The Hall–Kier alpha value is -2.03. The van der Waals surface area contributed by atoms with Crippen LogP contribution in [0.3, 0.4) is 0 Å². The molecule has 1 aromatic carbocycles. The van der Waals surface area contributed by atoms with Gasteiger partial charge in [-0.1, -0.05) is 6.07 Å². The lowest BCUT2D eigenvalue weighted by Gasteiger charge is -2.11. The smallest absolute Gasteiger partial charge is 0.339 e. The zero-order valence-corrected chi connectivity index (χ0v) is 8.93. The second kappa shape index (κ2) is 4.87. The third-order valence-corrected chi connectivity index (χ3v) is 2.13. The Balaban J connectivity index is 3.05. The van der Waals surface area contributed by atoms with Crippen molar-refractivity contribution in [1.29, 1.82) is 5.26 Å². The van der Waals surface area contributed by atoms with Gasteiger partial charge in [0.25, 0.3) is 5.91 Å². The van der Waals surface area contributed by atoms with Crippen LogP contribution in [-0.2, 0) is 6.18 Å². The maximum Gasteiger partial charge on any atom is 0.416 e. The SMILES string of the molecule is Cc1ccc(C(=O)NCC#N)cc1C(F)(F)F. The number of halogens is 3. The van der Waals surface area contributed by atoms with Crippen molar-refractivity contribution < 1.29 is 18.0 Å². The van der Waals surface area contributed by atoms with E-state index in [0.717, 1.165) is 6.07 Å². The summed E-state index contributed by atoms with van der Waals surface area (Å²) in [5.41, 5.74) is -0.908. The van der Waals surface area contributed by atoms with Crippen LogP contribution < -0.4 is 5.32 Å². The molecule has 1 N–H and O–H groups in total. The summed E-state index contributed by atoms with van der Waals surface area (Å²) < 4.78 is 37.7. The van der Waals surface area contributed by atoms with Gasteiger partial charge in [0.15, 0.2) is 0 Å². The van der Waals surface area contributed by atoms with Crippen LogP contribution in [0.2, 0.25) is 0 Å². The fraction of sp³-hybridized carbons (Fsp3) is 0.273. The molecule has 6 heteroatoms. The summed E-state index contributed by atoms with van der Waals surface area (Å²) >= 11 is 0. The average Bonchev–Trinajstić information content (AvgIpc) is 2.25. The molecule has 0 aliphatic heterocycles. The van der Waals surface area contributed by atoms with Crippen LogP contribution in [0.25, 0.3) is 0 Å². The molecule has 0 atom stereocenters. The quantitative estimate of drug-likeness (QED) is 0.809. The fourth-order valence-electron chi connectivity index (χ4n) is 1.29. The molecule has 0 heterocycles. The van der Waals surface area contributed by atoms with E-state index < -0.39 is 17.6 Å². The molecule has 0 spiro atoms. The first-order chi connectivity index (χ1) is 7.86. The molecule has 0 fully saturated rings. The summed E-state index contributed by atoms with van der Waals surface area (Å²) in [6.07, 6.45) is -4.49. The van der Waals surface area contributed by atoms with Gasteiger partial charge in [-0.15, -0.1) is 0 Å². The van der Waals surface area contributed by atoms with Crippen molar-refractivity contribution in [3.63, 3.8) is 0 Å². The summed E-state index contributed by atoms with van der Waals surface area (Å²) in [6.45, 7) is 1.08. The number of nitrogens with one attached hydrogen (secondary N) is 1. The van der Waals surface area contributed by atoms with Crippen LogP contribution in [0.5, 0.6) is 0 Å². The maximum atomic E-state index is 12.6. The van der Waals surface area contributed by atoms with E-state index in [-0.39, 0.29) is 17.7 Å². The molecule has 90 valence electrons. The van der Waals surface area contributed by atoms with Crippen molar-refractivity contribution >= 4 is 5.91 Å². The number of nitriles is 1. The molecule has 0 aromatic heterocycles. The van der Waals surface area contributed by atoms with Crippen molar-refractivity contribution in [2.75, 3.05) is 6.54 Å². The van der Waals surface area contributed by atoms with E-state index in [0.29, 0.717) is 0 Å². The van der Waals surface area contributed by atoms with E-state index in [1.165, 1.54) is 19.1 Å². The molecule has 0 radical (unpaired) electrons. The Labute approximate surface area is 95.9 Å². The van der Waals surface area contributed by atoms with Gasteiger partial charge in [0.05, 0.1) is 11.6 Å². The van der Waals surface area contributed by atoms with Crippen molar-refractivity contribution in [1.82, 2.24) is 5.32 Å². The summed E-state index contributed by atoms with van der Waals surface area (Å²) in [5, 5.41) is 10.4.